The van der Waals surface area contributed by atoms with Gasteiger partial charge in [-0.25, -0.2) is 8.78 Å². The third kappa shape index (κ3) is 1.77. The molecule has 1 aromatic carbocycles. The van der Waals surface area contributed by atoms with Gasteiger partial charge in [-0.05, 0) is 0 Å². The van der Waals surface area contributed by atoms with E-state index in [1.807, 2.05) is 0 Å². The third-order valence-electron chi connectivity index (χ3n) is 1.46. The van der Waals surface area contributed by atoms with Gasteiger partial charge in [0.1, 0.15) is 12.5 Å². The Bertz CT molecular complexity index is 354. The van der Waals surface area contributed by atoms with Crippen LogP contribution in [0.3, 0.4) is 0 Å². The molecule has 0 atom stereocenters. The molecule has 0 unspecified atom stereocenters. The van der Waals surface area contributed by atoms with Crippen LogP contribution in [0.2, 0.25) is 0 Å². The zero-order chi connectivity index (χ0) is 10.0. The molecule has 0 saturated carbocycles. The molecule has 0 amide bonds. The quantitative estimate of drug-likeness (QED) is 0.531. The highest BCUT2D eigenvalue weighted by Gasteiger charge is 2.17. The first-order valence-corrected chi connectivity index (χ1v) is 3.24. The van der Waals surface area contributed by atoms with Crippen molar-refractivity contribution < 1.29 is 18.1 Å². The van der Waals surface area contributed by atoms with E-state index in [9.17, 15) is 23.3 Å². The lowest BCUT2D eigenvalue weighted by Crippen LogP contribution is -1.96. The number of hydrogen-bond acceptors (Lipinski definition) is 2. The highest BCUT2D eigenvalue weighted by atomic mass is 19.1. The number of nitro groups is 1. The largest absolute Gasteiger partial charge is 0.305 e. The summed E-state index contributed by atoms with van der Waals surface area (Å²) in [5.41, 5.74) is -1.44. The molecule has 0 saturated heterocycles. The monoisotopic (exact) mass is 191 g/mol. The van der Waals surface area contributed by atoms with Crippen molar-refractivity contribution in [2.24, 2.45) is 0 Å². The van der Waals surface area contributed by atoms with Crippen LogP contribution in [-0.4, -0.2) is 4.92 Å². The Labute approximate surface area is 70.9 Å². The molecule has 0 fully saturated rings. The maximum atomic E-state index is 12.6. The van der Waals surface area contributed by atoms with Crippen LogP contribution in [0.4, 0.5) is 18.9 Å². The van der Waals surface area contributed by atoms with Gasteiger partial charge in [0.25, 0.3) is 0 Å². The van der Waals surface area contributed by atoms with Gasteiger partial charge in [0.15, 0.2) is 0 Å². The molecule has 0 N–H and O–H groups in total. The van der Waals surface area contributed by atoms with Crippen LogP contribution in [0, 0.1) is 21.7 Å². The lowest BCUT2D eigenvalue weighted by molar-refractivity contribution is -0.387. The summed E-state index contributed by atoms with van der Waals surface area (Å²) in [5, 5.41) is 10.1. The molecule has 0 aliphatic rings. The molecular formula is C7H4F3NO2. The van der Waals surface area contributed by atoms with E-state index in [2.05, 4.69) is 0 Å². The van der Waals surface area contributed by atoms with E-state index in [1.165, 1.54) is 0 Å². The van der Waals surface area contributed by atoms with E-state index < -0.39 is 34.5 Å². The van der Waals surface area contributed by atoms with E-state index in [0.717, 1.165) is 0 Å². The van der Waals surface area contributed by atoms with Crippen LogP contribution in [0.5, 0.6) is 0 Å². The van der Waals surface area contributed by atoms with Crippen molar-refractivity contribution in [1.82, 2.24) is 0 Å². The van der Waals surface area contributed by atoms with Crippen molar-refractivity contribution in [2.75, 3.05) is 0 Å². The SMILES string of the molecule is O=[N+]([O-])c1cc(CF)c(F)cc1F. The van der Waals surface area contributed by atoms with Gasteiger partial charge >= 0.3 is 5.69 Å². The highest BCUT2D eigenvalue weighted by molar-refractivity contribution is 5.36. The van der Waals surface area contributed by atoms with E-state index in [0.29, 0.717) is 12.1 Å². The minimum Gasteiger partial charge on any atom is -0.258 e. The predicted molar refractivity (Wildman–Crippen MR) is 37.8 cm³/mol. The molecular weight excluding hydrogens is 187 g/mol. The smallest absolute Gasteiger partial charge is 0.258 e. The molecule has 0 aliphatic carbocycles. The number of benzene rings is 1. The third-order valence-corrected chi connectivity index (χ3v) is 1.46. The second kappa shape index (κ2) is 3.42. The average molecular weight is 191 g/mol. The molecule has 6 heteroatoms. The van der Waals surface area contributed by atoms with E-state index in [1.54, 1.807) is 0 Å². The zero-order valence-electron chi connectivity index (χ0n) is 6.26. The Morgan fingerprint density at radius 2 is 1.92 bits per heavy atom. The predicted octanol–water partition coefficient (Wildman–Crippen LogP) is 2.34. The summed E-state index contributed by atoms with van der Waals surface area (Å²) in [7, 11) is 0. The van der Waals surface area contributed by atoms with Crippen LogP contribution >= 0.6 is 0 Å². The summed E-state index contributed by atoms with van der Waals surface area (Å²) < 4.78 is 37.2. The van der Waals surface area contributed by atoms with Gasteiger partial charge in [0, 0.05) is 17.7 Å². The van der Waals surface area contributed by atoms with Crippen molar-refractivity contribution in [1.29, 1.82) is 0 Å². The van der Waals surface area contributed by atoms with Gasteiger partial charge in [0.05, 0.1) is 4.92 Å². The summed E-state index contributed by atoms with van der Waals surface area (Å²) >= 11 is 0. The second-order valence-corrected chi connectivity index (χ2v) is 2.29. The fourth-order valence-corrected chi connectivity index (χ4v) is 0.823. The fourth-order valence-electron chi connectivity index (χ4n) is 0.823. The number of alkyl halides is 1. The molecule has 0 bridgehead atoms. The molecule has 1 aromatic rings. The molecule has 3 nitrogen and oxygen atoms in total. The number of nitrogens with zero attached hydrogens (tertiary/aromatic N) is 1. The summed E-state index contributed by atoms with van der Waals surface area (Å²) in [6.07, 6.45) is 0. The van der Waals surface area contributed by atoms with Gasteiger partial charge in [0.2, 0.25) is 5.82 Å². The van der Waals surface area contributed by atoms with Gasteiger partial charge in [-0.1, -0.05) is 0 Å². The first-order chi connectivity index (χ1) is 6.06. The average Bonchev–Trinajstić information content (AvgIpc) is 2.03. The Morgan fingerprint density at radius 3 is 2.38 bits per heavy atom. The molecule has 0 aromatic heterocycles. The van der Waals surface area contributed by atoms with Crippen molar-refractivity contribution in [3.8, 4) is 0 Å². The number of halogens is 3. The van der Waals surface area contributed by atoms with Crippen LogP contribution in [0.1, 0.15) is 5.56 Å². The maximum Gasteiger partial charge on any atom is 0.305 e. The number of hydrogen-bond donors (Lipinski definition) is 0. The molecule has 0 spiro atoms. The fraction of sp³-hybridized carbons (Fsp3) is 0.143. The van der Waals surface area contributed by atoms with Gasteiger partial charge in [-0.2, -0.15) is 4.39 Å². The summed E-state index contributed by atoms with van der Waals surface area (Å²) in [6.45, 7) is -1.20. The van der Waals surface area contributed by atoms with Crippen molar-refractivity contribution in [3.63, 3.8) is 0 Å². The van der Waals surface area contributed by atoms with Crippen LogP contribution < -0.4 is 0 Å². The molecule has 70 valence electrons. The van der Waals surface area contributed by atoms with Crippen molar-refractivity contribution in [2.45, 2.75) is 6.67 Å². The standard InChI is InChI=1S/C7H4F3NO2/c8-3-4-1-7(11(12)13)6(10)2-5(4)9/h1-2H,3H2. The minimum absolute atomic E-state index is 0.299. The van der Waals surface area contributed by atoms with Crippen LogP contribution in [0.15, 0.2) is 12.1 Å². The van der Waals surface area contributed by atoms with E-state index in [4.69, 9.17) is 0 Å². The lowest BCUT2D eigenvalue weighted by atomic mass is 10.2. The summed E-state index contributed by atoms with van der Waals surface area (Å²) in [6, 6.07) is 0.845. The molecule has 1 rings (SSSR count). The van der Waals surface area contributed by atoms with E-state index >= 15 is 0 Å². The Kier molecular flexibility index (Phi) is 2.50. The molecule has 13 heavy (non-hydrogen) atoms. The summed E-state index contributed by atoms with van der Waals surface area (Å²) in [4.78, 5) is 9.09. The topological polar surface area (TPSA) is 43.1 Å². The first kappa shape index (κ1) is 9.50. The minimum atomic E-state index is -1.31. The van der Waals surface area contributed by atoms with Crippen molar-refractivity contribution >= 4 is 5.69 Å². The Balaban J connectivity index is 3.30. The number of nitro benzene ring substituents is 1. The lowest BCUT2D eigenvalue weighted by Gasteiger charge is -1.98. The zero-order valence-corrected chi connectivity index (χ0v) is 6.26. The first-order valence-electron chi connectivity index (χ1n) is 3.24. The maximum absolute atomic E-state index is 12.6. The number of rotatable bonds is 2. The van der Waals surface area contributed by atoms with Crippen molar-refractivity contribution in [3.05, 3.63) is 39.4 Å². The van der Waals surface area contributed by atoms with Crippen LogP contribution in [-0.2, 0) is 6.67 Å². The molecule has 0 aliphatic heterocycles. The van der Waals surface area contributed by atoms with E-state index in [-0.39, 0.29) is 0 Å². The molecule has 0 radical (unpaired) electrons. The highest BCUT2D eigenvalue weighted by Crippen LogP contribution is 2.21. The molecule has 0 heterocycles. The normalized spacial score (nSPS) is 10.1. The van der Waals surface area contributed by atoms with Gasteiger partial charge in [-0.3, -0.25) is 10.1 Å². The van der Waals surface area contributed by atoms with Crippen LogP contribution in [0.25, 0.3) is 0 Å². The Hall–Kier alpha value is -1.59. The summed E-state index contributed by atoms with van der Waals surface area (Å²) in [5.74, 6) is -2.43. The second-order valence-electron chi connectivity index (χ2n) is 2.29. The van der Waals surface area contributed by atoms with Gasteiger partial charge in [-0.15, -0.1) is 0 Å². The van der Waals surface area contributed by atoms with Gasteiger partial charge < -0.3 is 0 Å². The Morgan fingerprint density at radius 1 is 1.31 bits per heavy atom.